The van der Waals surface area contributed by atoms with Crippen LogP contribution in [-0.2, 0) is 0 Å². The number of rotatable bonds is 6. The van der Waals surface area contributed by atoms with E-state index in [4.69, 9.17) is 12.2 Å². The van der Waals surface area contributed by atoms with Crippen LogP contribution in [0.2, 0.25) is 0 Å². The van der Waals surface area contributed by atoms with Crippen molar-refractivity contribution in [3.05, 3.63) is 35.4 Å². The zero-order chi connectivity index (χ0) is 14.3. The minimum absolute atomic E-state index is 0.0875. The van der Waals surface area contributed by atoms with E-state index in [9.17, 15) is 4.79 Å². The Bertz CT molecular complexity index is 460. The summed E-state index contributed by atoms with van der Waals surface area (Å²) in [4.78, 5) is 11.9. The molecule has 0 radical (unpaired) electrons. The SMILES string of the molecule is C#CCC(c1cccc(C(=O)NCCN)c1)C(C)C. The zero-order valence-electron chi connectivity index (χ0n) is 11.6. The van der Waals surface area contributed by atoms with Crippen LogP contribution in [0.1, 0.15) is 42.1 Å². The molecule has 0 aliphatic rings. The lowest BCUT2D eigenvalue weighted by atomic mass is 9.85. The Morgan fingerprint density at radius 1 is 1.47 bits per heavy atom. The predicted molar refractivity (Wildman–Crippen MR) is 78.9 cm³/mol. The van der Waals surface area contributed by atoms with Crippen LogP contribution in [0.25, 0.3) is 0 Å². The topological polar surface area (TPSA) is 55.1 Å². The van der Waals surface area contributed by atoms with Crippen molar-refractivity contribution in [2.45, 2.75) is 26.2 Å². The summed E-state index contributed by atoms with van der Waals surface area (Å²) in [6.07, 6.45) is 6.11. The second-order valence-electron chi connectivity index (χ2n) is 4.93. The molecule has 19 heavy (non-hydrogen) atoms. The minimum atomic E-state index is -0.0875. The first-order valence-electron chi connectivity index (χ1n) is 6.61. The Balaban J connectivity index is 2.92. The number of carbonyl (C=O) groups excluding carboxylic acids is 1. The molecule has 0 saturated heterocycles. The third kappa shape index (κ3) is 4.42. The molecule has 1 amide bonds. The molecule has 3 nitrogen and oxygen atoms in total. The summed E-state index contributed by atoms with van der Waals surface area (Å²) >= 11 is 0. The molecule has 102 valence electrons. The van der Waals surface area contributed by atoms with Gasteiger partial charge in [0.2, 0.25) is 0 Å². The number of carbonyl (C=O) groups is 1. The third-order valence-corrected chi connectivity index (χ3v) is 3.15. The van der Waals surface area contributed by atoms with Gasteiger partial charge in [-0.05, 0) is 29.5 Å². The Morgan fingerprint density at radius 2 is 2.21 bits per heavy atom. The summed E-state index contributed by atoms with van der Waals surface area (Å²) in [5.41, 5.74) is 7.16. The first-order chi connectivity index (χ1) is 9.10. The van der Waals surface area contributed by atoms with Crippen molar-refractivity contribution in [1.29, 1.82) is 0 Å². The molecule has 0 fully saturated rings. The molecule has 3 heteroatoms. The van der Waals surface area contributed by atoms with Gasteiger partial charge < -0.3 is 11.1 Å². The fraction of sp³-hybridized carbons (Fsp3) is 0.438. The molecule has 0 heterocycles. The van der Waals surface area contributed by atoms with Gasteiger partial charge in [-0.25, -0.2) is 0 Å². The van der Waals surface area contributed by atoms with Gasteiger partial charge in [-0.15, -0.1) is 12.3 Å². The van der Waals surface area contributed by atoms with Crippen LogP contribution < -0.4 is 11.1 Å². The van der Waals surface area contributed by atoms with Gasteiger partial charge in [0.15, 0.2) is 0 Å². The monoisotopic (exact) mass is 258 g/mol. The molecule has 1 atom stereocenters. The van der Waals surface area contributed by atoms with Gasteiger partial charge in [-0.2, -0.15) is 0 Å². The third-order valence-electron chi connectivity index (χ3n) is 3.15. The Morgan fingerprint density at radius 3 is 2.79 bits per heavy atom. The van der Waals surface area contributed by atoms with Gasteiger partial charge in [0, 0.05) is 25.1 Å². The van der Waals surface area contributed by atoms with Crippen LogP contribution in [0.4, 0.5) is 0 Å². The minimum Gasteiger partial charge on any atom is -0.351 e. The highest BCUT2D eigenvalue weighted by Crippen LogP contribution is 2.28. The van der Waals surface area contributed by atoms with E-state index in [0.29, 0.717) is 31.0 Å². The average molecular weight is 258 g/mol. The first-order valence-corrected chi connectivity index (χ1v) is 6.61. The van der Waals surface area contributed by atoms with E-state index < -0.39 is 0 Å². The van der Waals surface area contributed by atoms with E-state index in [1.165, 1.54) is 0 Å². The van der Waals surface area contributed by atoms with E-state index in [-0.39, 0.29) is 11.8 Å². The Labute approximate surface area is 115 Å². The van der Waals surface area contributed by atoms with E-state index in [0.717, 1.165) is 5.56 Å². The van der Waals surface area contributed by atoms with Crippen molar-refractivity contribution in [3.8, 4) is 12.3 Å². The molecule has 0 aromatic heterocycles. The summed E-state index contributed by atoms with van der Waals surface area (Å²) in [6.45, 7) is 5.21. The van der Waals surface area contributed by atoms with Gasteiger partial charge >= 0.3 is 0 Å². The van der Waals surface area contributed by atoms with Gasteiger partial charge in [0.05, 0.1) is 0 Å². The molecule has 1 aromatic carbocycles. The number of hydrogen-bond donors (Lipinski definition) is 2. The number of hydrogen-bond acceptors (Lipinski definition) is 2. The number of nitrogens with one attached hydrogen (secondary N) is 1. The lowest BCUT2D eigenvalue weighted by molar-refractivity contribution is 0.0954. The predicted octanol–water partition coefficient (Wildman–Crippen LogP) is 2.14. The first kappa shape index (κ1) is 15.3. The number of terminal acetylenes is 1. The maximum absolute atomic E-state index is 11.9. The molecular formula is C16H22N2O. The summed E-state index contributed by atoms with van der Waals surface area (Å²) in [7, 11) is 0. The zero-order valence-corrected chi connectivity index (χ0v) is 11.6. The molecule has 0 spiro atoms. The highest BCUT2D eigenvalue weighted by molar-refractivity contribution is 5.94. The van der Waals surface area contributed by atoms with Gasteiger partial charge in [0.1, 0.15) is 0 Å². The van der Waals surface area contributed by atoms with E-state index in [1.807, 2.05) is 24.3 Å². The van der Waals surface area contributed by atoms with Crippen molar-refractivity contribution in [1.82, 2.24) is 5.32 Å². The van der Waals surface area contributed by atoms with Crippen LogP contribution in [-0.4, -0.2) is 19.0 Å². The molecule has 1 aromatic rings. The number of benzene rings is 1. The standard InChI is InChI=1S/C16H22N2O/c1-4-6-15(12(2)3)13-7-5-8-14(11-13)16(19)18-10-9-17/h1,5,7-8,11-12,15H,6,9-10,17H2,2-3H3,(H,18,19). The van der Waals surface area contributed by atoms with Gasteiger partial charge in [-0.3, -0.25) is 4.79 Å². The van der Waals surface area contributed by atoms with Crippen LogP contribution in [0.3, 0.4) is 0 Å². The van der Waals surface area contributed by atoms with Crippen molar-refractivity contribution < 1.29 is 4.79 Å². The molecule has 1 rings (SSSR count). The molecule has 0 saturated carbocycles. The van der Waals surface area contributed by atoms with Gasteiger partial charge in [-0.1, -0.05) is 26.0 Å². The molecular weight excluding hydrogens is 236 g/mol. The smallest absolute Gasteiger partial charge is 0.251 e. The quantitative estimate of drug-likeness (QED) is 0.768. The van der Waals surface area contributed by atoms with Crippen LogP contribution in [0, 0.1) is 18.3 Å². The Kier molecular flexibility index (Phi) is 6.11. The molecule has 0 bridgehead atoms. The summed E-state index contributed by atoms with van der Waals surface area (Å²) in [6, 6.07) is 7.66. The van der Waals surface area contributed by atoms with Crippen molar-refractivity contribution in [2.75, 3.05) is 13.1 Å². The number of amides is 1. The van der Waals surface area contributed by atoms with Crippen LogP contribution >= 0.6 is 0 Å². The fourth-order valence-corrected chi connectivity index (χ4v) is 2.06. The second kappa shape index (κ2) is 7.60. The molecule has 3 N–H and O–H groups in total. The van der Waals surface area contributed by atoms with Crippen LogP contribution in [0.15, 0.2) is 24.3 Å². The lowest BCUT2D eigenvalue weighted by Crippen LogP contribution is -2.29. The lowest BCUT2D eigenvalue weighted by Gasteiger charge is -2.19. The summed E-state index contributed by atoms with van der Waals surface area (Å²) in [5.74, 6) is 3.35. The van der Waals surface area contributed by atoms with Crippen LogP contribution in [0.5, 0.6) is 0 Å². The summed E-state index contributed by atoms with van der Waals surface area (Å²) in [5, 5.41) is 2.77. The largest absolute Gasteiger partial charge is 0.351 e. The fourth-order valence-electron chi connectivity index (χ4n) is 2.06. The molecule has 0 aliphatic heterocycles. The van der Waals surface area contributed by atoms with Crippen molar-refractivity contribution in [2.24, 2.45) is 11.7 Å². The highest BCUT2D eigenvalue weighted by Gasteiger charge is 2.16. The summed E-state index contributed by atoms with van der Waals surface area (Å²) < 4.78 is 0. The maximum Gasteiger partial charge on any atom is 0.251 e. The van der Waals surface area contributed by atoms with E-state index >= 15 is 0 Å². The molecule has 0 aliphatic carbocycles. The van der Waals surface area contributed by atoms with E-state index in [2.05, 4.69) is 25.1 Å². The maximum atomic E-state index is 11.9. The van der Waals surface area contributed by atoms with Crippen molar-refractivity contribution >= 4 is 5.91 Å². The highest BCUT2D eigenvalue weighted by atomic mass is 16.1. The molecule has 1 unspecified atom stereocenters. The second-order valence-corrected chi connectivity index (χ2v) is 4.93. The average Bonchev–Trinajstić information content (AvgIpc) is 2.41. The number of nitrogens with two attached hydrogens (primary N) is 1. The van der Waals surface area contributed by atoms with E-state index in [1.54, 1.807) is 0 Å². The van der Waals surface area contributed by atoms with Gasteiger partial charge in [0.25, 0.3) is 5.91 Å². The Hall–Kier alpha value is -1.79. The normalized spacial score (nSPS) is 11.9. The van der Waals surface area contributed by atoms with Crippen molar-refractivity contribution in [3.63, 3.8) is 0 Å².